The number of carbonyl (C=O) groups is 1. The summed E-state index contributed by atoms with van der Waals surface area (Å²) in [4.78, 5) is 12.9. The molecule has 0 unspecified atom stereocenters. The highest BCUT2D eigenvalue weighted by atomic mass is 16.1. The molecule has 0 aliphatic carbocycles. The fourth-order valence-corrected chi connectivity index (χ4v) is 2.99. The van der Waals surface area contributed by atoms with Crippen LogP contribution in [0.4, 0.5) is 0 Å². The zero-order valence-electron chi connectivity index (χ0n) is 15.6. The first-order valence-electron chi connectivity index (χ1n) is 8.96. The first-order chi connectivity index (χ1) is 12.4. The van der Waals surface area contributed by atoms with Gasteiger partial charge in [0.1, 0.15) is 0 Å². The summed E-state index contributed by atoms with van der Waals surface area (Å²) in [6.07, 6.45) is 0. The average molecular weight is 343 g/mol. The van der Waals surface area contributed by atoms with Crippen molar-refractivity contribution in [3.05, 3.63) is 107 Å². The Bertz CT molecular complexity index is 807. The maximum atomic E-state index is 12.9. The van der Waals surface area contributed by atoms with Crippen molar-refractivity contribution >= 4 is 5.91 Å². The van der Waals surface area contributed by atoms with Gasteiger partial charge in [-0.05, 0) is 34.2 Å². The van der Waals surface area contributed by atoms with Gasteiger partial charge in [0.25, 0.3) is 5.91 Å². The molecule has 0 fully saturated rings. The van der Waals surface area contributed by atoms with Gasteiger partial charge in [-0.25, -0.2) is 0 Å². The van der Waals surface area contributed by atoms with Crippen LogP contribution in [-0.4, -0.2) is 5.91 Å². The Labute approximate surface area is 155 Å². The molecule has 0 spiro atoms. The van der Waals surface area contributed by atoms with E-state index in [1.165, 1.54) is 5.56 Å². The normalized spacial score (nSPS) is 11.4. The van der Waals surface area contributed by atoms with Crippen LogP contribution in [0.15, 0.2) is 84.9 Å². The highest BCUT2D eigenvalue weighted by Crippen LogP contribution is 2.24. The predicted octanol–water partition coefficient (Wildman–Crippen LogP) is 5.50. The molecule has 3 aromatic carbocycles. The number of hydrogen-bond donors (Lipinski definition) is 1. The maximum absolute atomic E-state index is 12.9. The lowest BCUT2D eigenvalue weighted by atomic mass is 9.86. The zero-order valence-corrected chi connectivity index (χ0v) is 15.6. The molecule has 0 atom stereocenters. The van der Waals surface area contributed by atoms with E-state index in [1.54, 1.807) is 0 Å². The van der Waals surface area contributed by atoms with Crippen LogP contribution in [0.3, 0.4) is 0 Å². The van der Waals surface area contributed by atoms with Crippen molar-refractivity contribution in [3.8, 4) is 0 Å². The quantitative estimate of drug-likeness (QED) is 0.665. The van der Waals surface area contributed by atoms with Crippen molar-refractivity contribution in [3.63, 3.8) is 0 Å². The molecule has 0 heterocycles. The summed E-state index contributed by atoms with van der Waals surface area (Å²) in [6.45, 7) is 6.51. The highest BCUT2D eigenvalue weighted by Gasteiger charge is 2.18. The molecule has 3 aromatic rings. The molecule has 0 aliphatic heterocycles. The van der Waals surface area contributed by atoms with Crippen molar-refractivity contribution in [1.82, 2.24) is 5.32 Å². The minimum Gasteiger partial charge on any atom is -0.341 e. The Hall–Kier alpha value is -2.87. The summed E-state index contributed by atoms with van der Waals surface area (Å²) in [6, 6.07) is 27.8. The van der Waals surface area contributed by atoms with Gasteiger partial charge in [-0.15, -0.1) is 0 Å². The van der Waals surface area contributed by atoms with Gasteiger partial charge >= 0.3 is 0 Å². The van der Waals surface area contributed by atoms with Crippen LogP contribution in [-0.2, 0) is 5.41 Å². The van der Waals surface area contributed by atoms with Gasteiger partial charge in [0.05, 0.1) is 6.04 Å². The summed E-state index contributed by atoms with van der Waals surface area (Å²) in [5, 5.41) is 3.19. The third-order valence-corrected chi connectivity index (χ3v) is 4.55. The number of carbonyl (C=O) groups excluding carboxylic acids is 1. The Kier molecular flexibility index (Phi) is 5.22. The first-order valence-corrected chi connectivity index (χ1v) is 8.96. The molecular weight excluding hydrogens is 318 g/mol. The fraction of sp³-hybridized carbons (Fsp3) is 0.208. The van der Waals surface area contributed by atoms with Crippen molar-refractivity contribution in [1.29, 1.82) is 0 Å². The van der Waals surface area contributed by atoms with Crippen LogP contribution in [0.5, 0.6) is 0 Å². The van der Waals surface area contributed by atoms with E-state index in [4.69, 9.17) is 0 Å². The molecule has 2 nitrogen and oxygen atoms in total. The van der Waals surface area contributed by atoms with Gasteiger partial charge in [0.15, 0.2) is 0 Å². The van der Waals surface area contributed by atoms with Gasteiger partial charge in [-0.3, -0.25) is 4.79 Å². The molecule has 0 aromatic heterocycles. The second-order valence-electron chi connectivity index (χ2n) is 7.56. The van der Waals surface area contributed by atoms with E-state index in [1.807, 2.05) is 84.9 Å². The monoisotopic (exact) mass is 343 g/mol. The van der Waals surface area contributed by atoms with E-state index in [0.717, 1.165) is 11.1 Å². The topological polar surface area (TPSA) is 29.1 Å². The SMILES string of the molecule is CC(C)(C)c1ccc(C(=O)NC(c2ccccc2)c2ccccc2)cc1. The summed E-state index contributed by atoms with van der Waals surface area (Å²) in [5.41, 5.74) is 4.11. The molecule has 1 amide bonds. The molecule has 0 bridgehead atoms. The van der Waals surface area contributed by atoms with E-state index in [0.29, 0.717) is 5.56 Å². The summed E-state index contributed by atoms with van der Waals surface area (Å²) in [7, 11) is 0. The third kappa shape index (κ3) is 4.20. The first kappa shape index (κ1) is 17.9. The lowest BCUT2D eigenvalue weighted by Gasteiger charge is -2.21. The lowest BCUT2D eigenvalue weighted by Crippen LogP contribution is -2.29. The van der Waals surface area contributed by atoms with Gasteiger partial charge in [0, 0.05) is 5.56 Å². The van der Waals surface area contributed by atoms with Crippen LogP contribution in [0.2, 0.25) is 0 Å². The van der Waals surface area contributed by atoms with E-state index in [2.05, 4.69) is 26.1 Å². The molecule has 0 saturated carbocycles. The molecule has 0 radical (unpaired) electrons. The maximum Gasteiger partial charge on any atom is 0.252 e. The number of benzene rings is 3. The summed E-state index contributed by atoms with van der Waals surface area (Å²) in [5.74, 6) is -0.0665. The van der Waals surface area contributed by atoms with Gasteiger partial charge in [-0.1, -0.05) is 93.6 Å². The van der Waals surface area contributed by atoms with Crippen molar-refractivity contribution in [2.24, 2.45) is 0 Å². The number of amides is 1. The van der Waals surface area contributed by atoms with Crippen LogP contribution in [0.25, 0.3) is 0 Å². The molecule has 26 heavy (non-hydrogen) atoms. The second kappa shape index (κ2) is 7.57. The predicted molar refractivity (Wildman–Crippen MR) is 107 cm³/mol. The molecule has 132 valence electrons. The largest absolute Gasteiger partial charge is 0.341 e. The Morgan fingerprint density at radius 1 is 0.731 bits per heavy atom. The van der Waals surface area contributed by atoms with Gasteiger partial charge < -0.3 is 5.32 Å². The Morgan fingerprint density at radius 2 is 1.19 bits per heavy atom. The molecule has 3 rings (SSSR count). The Morgan fingerprint density at radius 3 is 1.62 bits per heavy atom. The van der Waals surface area contributed by atoms with Gasteiger partial charge in [-0.2, -0.15) is 0 Å². The molecule has 1 N–H and O–H groups in total. The van der Waals surface area contributed by atoms with Crippen LogP contribution in [0.1, 0.15) is 53.9 Å². The van der Waals surface area contributed by atoms with Crippen molar-refractivity contribution < 1.29 is 4.79 Å². The standard InChI is InChI=1S/C24H25NO/c1-24(2,3)21-16-14-20(15-17-21)23(26)25-22(18-10-6-4-7-11-18)19-12-8-5-9-13-19/h4-17,22H,1-3H3,(H,25,26). The minimum atomic E-state index is -0.174. The average Bonchev–Trinajstić information content (AvgIpc) is 2.67. The minimum absolute atomic E-state index is 0.0665. The van der Waals surface area contributed by atoms with Crippen molar-refractivity contribution in [2.75, 3.05) is 0 Å². The van der Waals surface area contributed by atoms with Crippen LogP contribution in [0, 0.1) is 0 Å². The lowest BCUT2D eigenvalue weighted by molar-refractivity contribution is 0.0943. The van der Waals surface area contributed by atoms with E-state index < -0.39 is 0 Å². The van der Waals surface area contributed by atoms with Crippen LogP contribution >= 0.6 is 0 Å². The summed E-state index contributed by atoms with van der Waals surface area (Å²) < 4.78 is 0. The van der Waals surface area contributed by atoms with Gasteiger partial charge in [0.2, 0.25) is 0 Å². The smallest absolute Gasteiger partial charge is 0.252 e. The molecule has 0 saturated heterocycles. The number of hydrogen-bond acceptors (Lipinski definition) is 1. The molecular formula is C24H25NO. The van der Waals surface area contributed by atoms with E-state index in [9.17, 15) is 4.79 Å². The second-order valence-corrected chi connectivity index (χ2v) is 7.56. The van der Waals surface area contributed by atoms with E-state index in [-0.39, 0.29) is 17.4 Å². The number of nitrogens with one attached hydrogen (secondary N) is 1. The fourth-order valence-electron chi connectivity index (χ4n) is 2.99. The number of rotatable bonds is 4. The van der Waals surface area contributed by atoms with Crippen molar-refractivity contribution in [2.45, 2.75) is 32.2 Å². The highest BCUT2D eigenvalue weighted by molar-refractivity contribution is 5.94. The zero-order chi connectivity index (χ0) is 18.6. The van der Waals surface area contributed by atoms with Crippen LogP contribution < -0.4 is 5.32 Å². The summed E-state index contributed by atoms with van der Waals surface area (Å²) >= 11 is 0. The van der Waals surface area contributed by atoms with E-state index >= 15 is 0 Å². The molecule has 2 heteroatoms. The molecule has 0 aliphatic rings. The third-order valence-electron chi connectivity index (χ3n) is 4.55. The Balaban J connectivity index is 1.86.